The van der Waals surface area contributed by atoms with E-state index in [1.165, 1.54) is 0 Å². The van der Waals surface area contributed by atoms with E-state index in [2.05, 4.69) is 0 Å². The first-order valence-corrected chi connectivity index (χ1v) is 17.0. The van der Waals surface area contributed by atoms with Gasteiger partial charge in [-0.1, -0.05) is 0 Å². The molecule has 0 aliphatic heterocycles. The van der Waals surface area contributed by atoms with Gasteiger partial charge < -0.3 is 61.0 Å². The molecule has 1 rings (SSSR count). The average molecular weight is 631 g/mol. The highest BCUT2D eigenvalue weighted by molar-refractivity contribution is 6.60. The predicted molar refractivity (Wildman–Crippen MR) is 157 cm³/mol. The lowest BCUT2D eigenvalue weighted by atomic mass is 9.84. The van der Waals surface area contributed by atoms with Crippen molar-refractivity contribution in [2.45, 2.75) is 43.9 Å². The van der Waals surface area contributed by atoms with Crippen LogP contribution < -0.4 is 0 Å². The van der Waals surface area contributed by atoms with Crippen molar-refractivity contribution in [3.63, 3.8) is 0 Å². The van der Waals surface area contributed by atoms with E-state index >= 15 is 0 Å². The summed E-state index contributed by atoms with van der Waals surface area (Å²) >= 11 is 0. The van der Waals surface area contributed by atoms with Crippen LogP contribution in [0.3, 0.4) is 0 Å². The molecular weight excluding hydrogens is 572 g/mol. The Morgan fingerprint density at radius 3 is 1.26 bits per heavy atom. The van der Waals surface area contributed by atoms with Crippen molar-refractivity contribution in [1.29, 1.82) is 0 Å². The quantitative estimate of drug-likeness (QED) is 0.0681. The van der Waals surface area contributed by atoms with Crippen LogP contribution in [0.15, 0.2) is 0 Å². The normalized spacial score (nSPS) is 19.5. The molecule has 1 aliphatic rings. The van der Waals surface area contributed by atoms with Gasteiger partial charge in [0, 0.05) is 47.3 Å². The molecule has 0 aromatic rings. The molecule has 0 aromatic carbocycles. The third-order valence-corrected chi connectivity index (χ3v) is 9.55. The van der Waals surface area contributed by atoms with E-state index in [0.717, 1.165) is 19.3 Å². The fraction of sp³-hybridized carbons (Fsp3) is 1.00. The highest BCUT2D eigenvalue weighted by atomic mass is 28.4. The molecule has 1 aliphatic carbocycles. The molecule has 0 heterocycles. The summed E-state index contributed by atoms with van der Waals surface area (Å²) in [5, 5.41) is 10.9. The summed E-state index contributed by atoms with van der Waals surface area (Å²) in [6, 6.07) is 0.637. The molecule has 0 spiro atoms. The summed E-state index contributed by atoms with van der Waals surface area (Å²) in [5.74, 6) is -0.721. The van der Waals surface area contributed by atoms with Crippen LogP contribution in [0.2, 0.25) is 6.04 Å². The highest BCUT2D eigenvalue weighted by Crippen LogP contribution is 2.36. The molecule has 1 fully saturated rings. The van der Waals surface area contributed by atoms with E-state index < -0.39 is 14.6 Å². The van der Waals surface area contributed by atoms with Gasteiger partial charge in [0.2, 0.25) is 0 Å². The molecule has 252 valence electrons. The Kier molecular flexibility index (Phi) is 25.6. The minimum absolute atomic E-state index is 0.343. The van der Waals surface area contributed by atoms with E-state index in [0.29, 0.717) is 131 Å². The van der Waals surface area contributed by atoms with Crippen LogP contribution in [-0.2, 0) is 55.9 Å². The number of ether oxygens (including phenoxy) is 9. The molecule has 13 nitrogen and oxygen atoms in total. The molecule has 0 unspecified atom stereocenters. The summed E-state index contributed by atoms with van der Waals surface area (Å²) < 4.78 is 67.3. The van der Waals surface area contributed by atoms with Crippen LogP contribution in [-0.4, -0.2) is 154 Å². The Morgan fingerprint density at radius 2 is 0.881 bits per heavy atom. The fourth-order valence-electron chi connectivity index (χ4n) is 4.32. The van der Waals surface area contributed by atoms with Gasteiger partial charge >= 0.3 is 8.80 Å². The van der Waals surface area contributed by atoms with Gasteiger partial charge in [0.25, 0.3) is 0 Å². The number of methoxy groups -OCH3 is 4. The first-order valence-electron chi connectivity index (χ1n) is 15.1. The van der Waals surface area contributed by atoms with Gasteiger partial charge in [-0.15, -0.1) is 0 Å². The third-order valence-electron chi connectivity index (χ3n) is 6.72. The molecule has 0 saturated heterocycles. The summed E-state index contributed by atoms with van der Waals surface area (Å²) in [6.45, 7) is 7.09. The van der Waals surface area contributed by atoms with Crippen molar-refractivity contribution in [3.05, 3.63) is 0 Å². The minimum Gasteiger partial charge on any atom is -0.382 e. The van der Waals surface area contributed by atoms with Gasteiger partial charge in [0.1, 0.15) is 0 Å². The Morgan fingerprint density at radius 1 is 0.524 bits per heavy atom. The Labute approximate surface area is 253 Å². The molecule has 14 heteroatoms. The van der Waals surface area contributed by atoms with Crippen LogP contribution in [0, 0.1) is 5.92 Å². The topological polar surface area (TPSA) is 131 Å². The zero-order valence-electron chi connectivity index (χ0n) is 26.5. The molecule has 0 amide bonds. The largest absolute Gasteiger partial charge is 0.501 e. The predicted octanol–water partition coefficient (Wildman–Crippen LogP) is 1.91. The van der Waals surface area contributed by atoms with Crippen LogP contribution >= 0.6 is 0 Å². The van der Waals surface area contributed by atoms with Gasteiger partial charge in [-0.2, -0.15) is 0 Å². The maximum absolute atomic E-state index is 10.9. The second-order valence-electron chi connectivity index (χ2n) is 9.93. The standard InChI is InChI=1S/C28H58O13Si/c1-30-10-14-34-18-22-38-28(29)8-5-27(6-9-28)7-26-42(39-23-19-35-15-11-31-2,40-24-20-36-16-12-32-3)41-25-21-37-17-13-33-4/h27,29H,5-26H2,1-4H3. The van der Waals surface area contributed by atoms with Crippen molar-refractivity contribution in [3.8, 4) is 0 Å². The molecule has 1 saturated carbocycles. The maximum atomic E-state index is 10.9. The van der Waals surface area contributed by atoms with E-state index in [4.69, 9.17) is 55.9 Å². The zero-order valence-corrected chi connectivity index (χ0v) is 27.5. The first kappa shape index (κ1) is 39.7. The summed E-state index contributed by atoms with van der Waals surface area (Å²) in [4.78, 5) is 0. The minimum atomic E-state index is -3.11. The van der Waals surface area contributed by atoms with Crippen molar-refractivity contribution in [1.82, 2.24) is 0 Å². The summed E-state index contributed by atoms with van der Waals surface area (Å²) in [7, 11) is 3.44. The summed E-state index contributed by atoms with van der Waals surface area (Å²) in [5.41, 5.74) is 0. The van der Waals surface area contributed by atoms with E-state index in [9.17, 15) is 5.11 Å². The van der Waals surface area contributed by atoms with Crippen LogP contribution in [0.1, 0.15) is 32.1 Å². The third kappa shape index (κ3) is 20.6. The monoisotopic (exact) mass is 630 g/mol. The smallest absolute Gasteiger partial charge is 0.382 e. The van der Waals surface area contributed by atoms with Gasteiger partial charge in [0.05, 0.1) is 106 Å². The highest BCUT2D eigenvalue weighted by Gasteiger charge is 2.43. The van der Waals surface area contributed by atoms with Gasteiger partial charge in [0.15, 0.2) is 5.79 Å². The molecule has 0 bridgehead atoms. The van der Waals surface area contributed by atoms with Crippen LogP contribution in [0.5, 0.6) is 0 Å². The number of hydrogen-bond acceptors (Lipinski definition) is 13. The van der Waals surface area contributed by atoms with Gasteiger partial charge in [-0.05, 0) is 25.2 Å². The molecule has 0 aromatic heterocycles. The molecular formula is C28H58O13Si. The lowest BCUT2D eigenvalue weighted by Gasteiger charge is -2.37. The number of hydrogen-bond donors (Lipinski definition) is 1. The Balaban J connectivity index is 2.67. The zero-order chi connectivity index (χ0) is 30.6. The second kappa shape index (κ2) is 27.0. The lowest BCUT2D eigenvalue weighted by Crippen LogP contribution is -2.48. The molecule has 42 heavy (non-hydrogen) atoms. The van der Waals surface area contributed by atoms with Gasteiger partial charge in [-0.3, -0.25) is 0 Å². The van der Waals surface area contributed by atoms with Crippen LogP contribution in [0.4, 0.5) is 0 Å². The van der Waals surface area contributed by atoms with Gasteiger partial charge in [-0.25, -0.2) is 0 Å². The van der Waals surface area contributed by atoms with E-state index in [1.807, 2.05) is 0 Å². The SMILES string of the molecule is COCCOCCOC1(O)CCC(CC[Si](OCCOCCOC)(OCCOCCOC)OCCOCCOC)CC1. The fourth-order valence-corrected chi connectivity index (χ4v) is 6.95. The maximum Gasteiger partial charge on any atom is 0.501 e. The average Bonchev–Trinajstić information content (AvgIpc) is 3.00. The number of rotatable bonds is 31. The van der Waals surface area contributed by atoms with E-state index in [-0.39, 0.29) is 0 Å². The Hall–Kier alpha value is -0.303. The molecule has 0 radical (unpaired) electrons. The van der Waals surface area contributed by atoms with Crippen molar-refractivity contribution >= 4 is 8.80 Å². The van der Waals surface area contributed by atoms with Crippen molar-refractivity contribution < 1.29 is 61.0 Å². The lowest BCUT2D eigenvalue weighted by molar-refractivity contribution is -0.230. The molecule has 1 N–H and O–H groups in total. The van der Waals surface area contributed by atoms with Crippen molar-refractivity contribution in [2.75, 3.05) is 134 Å². The summed E-state index contributed by atoms with van der Waals surface area (Å²) in [6.07, 6.45) is 3.67. The van der Waals surface area contributed by atoms with E-state index in [1.54, 1.807) is 28.4 Å². The second-order valence-corrected chi connectivity index (χ2v) is 12.7. The first-order chi connectivity index (χ1) is 20.5. The number of aliphatic hydroxyl groups is 1. The van der Waals surface area contributed by atoms with Crippen LogP contribution in [0.25, 0.3) is 0 Å². The Bertz CT molecular complexity index is 541. The molecule has 0 atom stereocenters. The van der Waals surface area contributed by atoms with Crippen molar-refractivity contribution in [2.24, 2.45) is 5.92 Å².